The van der Waals surface area contributed by atoms with Crippen LogP contribution < -0.4 is 15.4 Å². The summed E-state index contributed by atoms with van der Waals surface area (Å²) < 4.78 is 9.09. The zero-order valence-electron chi connectivity index (χ0n) is 19.6. The van der Waals surface area contributed by atoms with Crippen LogP contribution in [0.5, 0.6) is 5.75 Å². The molecule has 0 radical (unpaired) electrons. The summed E-state index contributed by atoms with van der Waals surface area (Å²) in [6, 6.07) is 8.12. The molecule has 3 aromatic rings. The number of halogens is 1. The lowest BCUT2D eigenvalue weighted by Gasteiger charge is -2.13. The second kappa shape index (κ2) is 11.8. The molecule has 174 valence electrons. The lowest BCUT2D eigenvalue weighted by Crippen LogP contribution is -2.38. The molecule has 0 aliphatic rings. The molecule has 0 atom stereocenters. The normalized spacial score (nSPS) is 11.2. The van der Waals surface area contributed by atoms with Gasteiger partial charge in [0.05, 0.1) is 25.9 Å². The Balaban J connectivity index is 0.00000363. The van der Waals surface area contributed by atoms with E-state index in [-0.39, 0.29) is 24.0 Å². The Labute approximate surface area is 206 Å². The van der Waals surface area contributed by atoms with Crippen molar-refractivity contribution in [3.63, 3.8) is 0 Å². The minimum atomic E-state index is 0. The van der Waals surface area contributed by atoms with E-state index in [9.17, 15) is 0 Å². The summed E-state index contributed by atoms with van der Waals surface area (Å²) in [5.74, 6) is 3.33. The summed E-state index contributed by atoms with van der Waals surface area (Å²) in [5.41, 5.74) is 4.51. The molecule has 0 unspecified atom stereocenters. The van der Waals surface area contributed by atoms with Gasteiger partial charge < -0.3 is 19.9 Å². The second-order valence-corrected chi connectivity index (χ2v) is 7.54. The zero-order valence-corrected chi connectivity index (χ0v) is 22.0. The maximum absolute atomic E-state index is 5.23. The summed E-state index contributed by atoms with van der Waals surface area (Å²) in [6.07, 6.45) is 0.874. The molecule has 10 heteroatoms. The fourth-order valence-electron chi connectivity index (χ4n) is 3.26. The standard InChI is InChI=1S/C22H32N8O.HI/c1-15-20(16(2)30(5)28-15)13-24-22(25-14-21-27-26-17(3)29(21)4)23-12-11-18-7-9-19(31-6)10-8-18;/h7-10H,11-14H2,1-6H3,(H2,23,24,25);1H. The van der Waals surface area contributed by atoms with Gasteiger partial charge in [-0.25, -0.2) is 4.99 Å². The highest BCUT2D eigenvalue weighted by Crippen LogP contribution is 2.13. The first-order valence-electron chi connectivity index (χ1n) is 10.4. The molecule has 1 aromatic carbocycles. The predicted octanol–water partition coefficient (Wildman–Crippen LogP) is 2.58. The van der Waals surface area contributed by atoms with Crippen LogP contribution in [0.3, 0.4) is 0 Å². The lowest BCUT2D eigenvalue weighted by molar-refractivity contribution is 0.414. The fraction of sp³-hybridized carbons (Fsp3) is 0.455. The molecule has 0 bridgehead atoms. The first-order chi connectivity index (χ1) is 14.9. The summed E-state index contributed by atoms with van der Waals surface area (Å²) in [5, 5.41) is 19.6. The van der Waals surface area contributed by atoms with Crippen molar-refractivity contribution < 1.29 is 4.74 Å². The average Bonchev–Trinajstić information content (AvgIpc) is 3.21. The number of hydrogen-bond acceptors (Lipinski definition) is 5. The SMILES string of the molecule is COc1ccc(CCNC(=NCc2c(C)nn(C)c2C)NCc2nnc(C)n2C)cc1.I. The molecular formula is C22H33IN8O. The van der Waals surface area contributed by atoms with E-state index in [0.717, 1.165) is 53.3 Å². The average molecular weight is 552 g/mol. The molecule has 2 heterocycles. The molecule has 9 nitrogen and oxygen atoms in total. The molecule has 3 rings (SSSR count). The van der Waals surface area contributed by atoms with E-state index in [1.807, 2.05) is 49.3 Å². The van der Waals surface area contributed by atoms with E-state index in [1.165, 1.54) is 5.56 Å². The highest BCUT2D eigenvalue weighted by Gasteiger charge is 2.10. The van der Waals surface area contributed by atoms with Crippen LogP contribution in [-0.2, 0) is 33.6 Å². The number of hydrogen-bond donors (Lipinski definition) is 2. The van der Waals surface area contributed by atoms with Crippen molar-refractivity contribution in [2.75, 3.05) is 13.7 Å². The van der Waals surface area contributed by atoms with Crippen molar-refractivity contribution in [3.8, 4) is 5.75 Å². The Morgan fingerprint density at radius 2 is 1.78 bits per heavy atom. The molecule has 2 aromatic heterocycles. The Kier molecular flexibility index (Phi) is 9.48. The highest BCUT2D eigenvalue weighted by molar-refractivity contribution is 14.0. The Morgan fingerprint density at radius 3 is 2.34 bits per heavy atom. The lowest BCUT2D eigenvalue weighted by atomic mass is 10.1. The third-order valence-electron chi connectivity index (χ3n) is 5.52. The van der Waals surface area contributed by atoms with Gasteiger partial charge in [0.15, 0.2) is 11.8 Å². The van der Waals surface area contributed by atoms with Crippen LogP contribution in [0.25, 0.3) is 0 Å². The Bertz CT molecular complexity index is 1040. The van der Waals surface area contributed by atoms with Crippen molar-refractivity contribution in [1.82, 2.24) is 35.2 Å². The van der Waals surface area contributed by atoms with Crippen molar-refractivity contribution in [1.29, 1.82) is 0 Å². The van der Waals surface area contributed by atoms with E-state index >= 15 is 0 Å². The van der Waals surface area contributed by atoms with Gasteiger partial charge in [-0.3, -0.25) is 4.68 Å². The molecule has 0 aliphatic carbocycles. The van der Waals surface area contributed by atoms with E-state index in [4.69, 9.17) is 9.73 Å². The van der Waals surface area contributed by atoms with Crippen LogP contribution in [0.1, 0.15) is 34.2 Å². The van der Waals surface area contributed by atoms with E-state index in [1.54, 1.807) is 7.11 Å². The van der Waals surface area contributed by atoms with Crippen molar-refractivity contribution in [2.24, 2.45) is 19.1 Å². The summed E-state index contributed by atoms with van der Waals surface area (Å²) >= 11 is 0. The largest absolute Gasteiger partial charge is 0.497 e. The number of aliphatic imine (C=N–C) groups is 1. The van der Waals surface area contributed by atoms with Crippen LogP contribution in [0.2, 0.25) is 0 Å². The van der Waals surface area contributed by atoms with Crippen LogP contribution in [0.15, 0.2) is 29.3 Å². The Morgan fingerprint density at radius 1 is 1.06 bits per heavy atom. The Hall–Kier alpha value is -2.63. The first kappa shape index (κ1) is 25.6. The molecule has 0 spiro atoms. The van der Waals surface area contributed by atoms with Gasteiger partial charge in [-0.15, -0.1) is 34.2 Å². The van der Waals surface area contributed by atoms with Crippen molar-refractivity contribution in [3.05, 3.63) is 58.4 Å². The molecule has 0 saturated heterocycles. The van der Waals surface area contributed by atoms with Gasteiger partial charge in [-0.05, 0) is 44.9 Å². The molecule has 2 N–H and O–H groups in total. The van der Waals surface area contributed by atoms with Gasteiger partial charge in [-0.1, -0.05) is 12.1 Å². The number of guanidine groups is 1. The van der Waals surface area contributed by atoms with E-state index in [2.05, 4.69) is 45.0 Å². The van der Waals surface area contributed by atoms with Gasteiger partial charge in [0.2, 0.25) is 0 Å². The molecule has 0 saturated carbocycles. The van der Waals surface area contributed by atoms with E-state index in [0.29, 0.717) is 13.1 Å². The zero-order chi connectivity index (χ0) is 22.4. The first-order valence-corrected chi connectivity index (χ1v) is 10.4. The summed E-state index contributed by atoms with van der Waals surface area (Å²) in [7, 11) is 5.59. The molecule has 0 amide bonds. The van der Waals surface area contributed by atoms with Gasteiger partial charge in [0, 0.05) is 31.9 Å². The molecule has 0 fully saturated rings. The summed E-state index contributed by atoms with van der Waals surface area (Å²) in [4.78, 5) is 4.80. The smallest absolute Gasteiger partial charge is 0.191 e. The number of aromatic nitrogens is 5. The highest BCUT2D eigenvalue weighted by atomic mass is 127. The third-order valence-corrected chi connectivity index (χ3v) is 5.52. The van der Waals surface area contributed by atoms with Gasteiger partial charge in [0.25, 0.3) is 0 Å². The monoisotopic (exact) mass is 552 g/mol. The van der Waals surface area contributed by atoms with Gasteiger partial charge in [-0.2, -0.15) is 5.10 Å². The number of methoxy groups -OCH3 is 1. The molecule has 32 heavy (non-hydrogen) atoms. The fourth-order valence-corrected chi connectivity index (χ4v) is 3.26. The van der Waals surface area contributed by atoms with Gasteiger partial charge >= 0.3 is 0 Å². The minimum absolute atomic E-state index is 0. The number of benzene rings is 1. The van der Waals surface area contributed by atoms with Crippen LogP contribution in [0.4, 0.5) is 0 Å². The number of nitrogens with one attached hydrogen (secondary N) is 2. The van der Waals surface area contributed by atoms with Crippen molar-refractivity contribution >= 4 is 29.9 Å². The number of aryl methyl sites for hydroxylation is 3. The third kappa shape index (κ3) is 6.44. The second-order valence-electron chi connectivity index (χ2n) is 7.54. The van der Waals surface area contributed by atoms with Crippen LogP contribution in [-0.4, -0.2) is 44.2 Å². The molecule has 0 aliphatic heterocycles. The topological polar surface area (TPSA) is 94.2 Å². The summed E-state index contributed by atoms with van der Waals surface area (Å²) in [6.45, 7) is 7.87. The van der Waals surface area contributed by atoms with E-state index < -0.39 is 0 Å². The number of ether oxygens (including phenoxy) is 1. The van der Waals surface area contributed by atoms with Crippen molar-refractivity contribution in [2.45, 2.75) is 40.3 Å². The maximum atomic E-state index is 5.23. The minimum Gasteiger partial charge on any atom is -0.497 e. The molecular weight excluding hydrogens is 519 g/mol. The van der Waals surface area contributed by atoms with Gasteiger partial charge in [0.1, 0.15) is 11.6 Å². The van der Waals surface area contributed by atoms with Crippen LogP contribution in [0, 0.1) is 20.8 Å². The van der Waals surface area contributed by atoms with Crippen LogP contribution >= 0.6 is 24.0 Å². The quantitative estimate of drug-likeness (QED) is 0.254. The maximum Gasteiger partial charge on any atom is 0.191 e. The number of rotatable bonds is 8. The number of nitrogens with zero attached hydrogens (tertiary/aromatic N) is 6. The predicted molar refractivity (Wildman–Crippen MR) is 137 cm³/mol.